The summed E-state index contributed by atoms with van der Waals surface area (Å²) in [6.07, 6.45) is 0. The highest BCUT2D eigenvalue weighted by Gasteiger charge is 2.12. The van der Waals surface area contributed by atoms with Gasteiger partial charge in [-0.2, -0.15) is 0 Å². The molecule has 10 heavy (non-hydrogen) atoms. The zero-order chi connectivity index (χ0) is 6.97. The van der Waals surface area contributed by atoms with Crippen LogP contribution in [0.15, 0.2) is 24.3 Å². The van der Waals surface area contributed by atoms with E-state index in [2.05, 4.69) is 36.2 Å². The zero-order valence-corrected chi connectivity index (χ0v) is 6.17. The first-order valence-electron chi connectivity index (χ1n) is 3.61. The van der Waals surface area contributed by atoms with Crippen molar-refractivity contribution in [3.63, 3.8) is 0 Å². The van der Waals surface area contributed by atoms with Gasteiger partial charge < -0.3 is 0 Å². The first-order valence-corrected chi connectivity index (χ1v) is 3.61. The van der Waals surface area contributed by atoms with Crippen LogP contribution in [0.3, 0.4) is 0 Å². The molecule has 0 unspecified atom stereocenters. The summed E-state index contributed by atoms with van der Waals surface area (Å²) >= 11 is 0. The van der Waals surface area contributed by atoms with Crippen LogP contribution in [0.5, 0.6) is 0 Å². The van der Waals surface area contributed by atoms with Crippen LogP contribution in [-0.4, -0.2) is 11.9 Å². The first-order chi connectivity index (χ1) is 4.86. The van der Waals surface area contributed by atoms with Crippen molar-refractivity contribution in [2.75, 3.05) is 7.05 Å². The molecule has 0 atom stereocenters. The predicted molar refractivity (Wildman–Crippen MR) is 41.6 cm³/mol. The van der Waals surface area contributed by atoms with Crippen LogP contribution in [0.1, 0.15) is 11.1 Å². The lowest BCUT2D eigenvalue weighted by Gasteiger charge is -2.02. The van der Waals surface area contributed by atoms with E-state index < -0.39 is 0 Å². The highest BCUT2D eigenvalue weighted by atomic mass is 15.1. The first kappa shape index (κ1) is 5.93. The van der Waals surface area contributed by atoms with E-state index in [9.17, 15) is 0 Å². The Morgan fingerprint density at radius 2 is 1.60 bits per heavy atom. The minimum Gasteiger partial charge on any atom is -0.298 e. The fourth-order valence-corrected chi connectivity index (χ4v) is 1.50. The van der Waals surface area contributed by atoms with Gasteiger partial charge in [0.2, 0.25) is 0 Å². The minimum atomic E-state index is 1.12. The molecule has 0 radical (unpaired) electrons. The van der Waals surface area contributed by atoms with Gasteiger partial charge in [0.05, 0.1) is 0 Å². The Hall–Kier alpha value is -0.820. The van der Waals surface area contributed by atoms with Gasteiger partial charge in [-0.1, -0.05) is 24.3 Å². The molecule has 0 N–H and O–H groups in total. The predicted octanol–water partition coefficient (Wildman–Crippen LogP) is 1.63. The van der Waals surface area contributed by atoms with Crippen molar-refractivity contribution in [3.05, 3.63) is 35.4 Å². The second kappa shape index (κ2) is 2.10. The van der Waals surface area contributed by atoms with E-state index in [4.69, 9.17) is 0 Å². The summed E-state index contributed by atoms with van der Waals surface area (Å²) in [5, 5.41) is 0. The molecular weight excluding hydrogens is 122 g/mol. The molecule has 1 heteroatoms. The lowest BCUT2D eigenvalue weighted by molar-refractivity contribution is 0.353. The van der Waals surface area contributed by atoms with Crippen LogP contribution < -0.4 is 0 Å². The number of hydrogen-bond donors (Lipinski definition) is 0. The normalized spacial score (nSPS) is 17.3. The van der Waals surface area contributed by atoms with Gasteiger partial charge in [-0.25, -0.2) is 0 Å². The van der Waals surface area contributed by atoms with Crippen LogP contribution in [0.4, 0.5) is 0 Å². The SMILES string of the molecule is CN1Cc2ccccc2C1. The van der Waals surface area contributed by atoms with Crippen molar-refractivity contribution in [3.8, 4) is 0 Å². The molecule has 1 nitrogen and oxygen atoms in total. The quantitative estimate of drug-likeness (QED) is 0.520. The number of nitrogens with zero attached hydrogens (tertiary/aromatic N) is 1. The summed E-state index contributed by atoms with van der Waals surface area (Å²) in [5.41, 5.74) is 2.98. The van der Waals surface area contributed by atoms with Gasteiger partial charge in [0, 0.05) is 13.1 Å². The average molecular weight is 133 g/mol. The van der Waals surface area contributed by atoms with Crippen molar-refractivity contribution in [1.82, 2.24) is 4.90 Å². The Kier molecular flexibility index (Phi) is 1.24. The number of fused-ring (bicyclic) bond motifs is 1. The highest BCUT2D eigenvalue weighted by molar-refractivity contribution is 5.29. The monoisotopic (exact) mass is 133 g/mol. The Bertz CT molecular complexity index is 217. The smallest absolute Gasteiger partial charge is 0.0237 e. The molecule has 1 aromatic rings. The van der Waals surface area contributed by atoms with Crippen molar-refractivity contribution < 1.29 is 0 Å². The molecular formula is C9H11N. The molecule has 52 valence electrons. The number of rotatable bonds is 0. The van der Waals surface area contributed by atoms with Crippen molar-refractivity contribution >= 4 is 0 Å². The molecule has 0 fully saturated rings. The Labute approximate surface area is 61.3 Å². The third kappa shape index (κ3) is 0.830. The van der Waals surface area contributed by atoms with Crippen LogP contribution >= 0.6 is 0 Å². The lowest BCUT2D eigenvalue weighted by atomic mass is 10.1. The van der Waals surface area contributed by atoms with E-state index >= 15 is 0 Å². The molecule has 2 rings (SSSR count). The van der Waals surface area contributed by atoms with Crippen molar-refractivity contribution in [2.45, 2.75) is 13.1 Å². The molecule has 1 aliphatic rings. The molecule has 0 bridgehead atoms. The van der Waals surface area contributed by atoms with Gasteiger partial charge in [-0.3, -0.25) is 4.90 Å². The Balaban J connectivity index is 2.42. The van der Waals surface area contributed by atoms with Gasteiger partial charge in [0.15, 0.2) is 0 Å². The van der Waals surface area contributed by atoms with Crippen molar-refractivity contribution in [1.29, 1.82) is 0 Å². The standard InChI is InChI=1S/C9H11N/c1-10-6-8-4-2-3-5-9(8)7-10/h2-5H,6-7H2,1H3. The third-order valence-electron chi connectivity index (χ3n) is 2.00. The van der Waals surface area contributed by atoms with E-state index in [-0.39, 0.29) is 0 Å². The molecule has 0 saturated heterocycles. The van der Waals surface area contributed by atoms with Crippen LogP contribution in [0, 0.1) is 0 Å². The largest absolute Gasteiger partial charge is 0.298 e. The maximum absolute atomic E-state index is 2.32. The molecule has 0 aliphatic carbocycles. The molecule has 1 aliphatic heterocycles. The summed E-state index contributed by atoms with van der Waals surface area (Å²) in [6, 6.07) is 8.63. The Morgan fingerprint density at radius 3 is 2.10 bits per heavy atom. The molecule has 0 aromatic heterocycles. The second-order valence-corrected chi connectivity index (χ2v) is 2.94. The Morgan fingerprint density at radius 1 is 1.10 bits per heavy atom. The maximum Gasteiger partial charge on any atom is 0.0237 e. The van der Waals surface area contributed by atoms with E-state index in [1.807, 2.05) is 0 Å². The highest BCUT2D eigenvalue weighted by Crippen LogP contribution is 2.19. The van der Waals surface area contributed by atoms with Gasteiger partial charge >= 0.3 is 0 Å². The number of benzene rings is 1. The molecule has 1 heterocycles. The van der Waals surface area contributed by atoms with Gasteiger partial charge in [0.25, 0.3) is 0 Å². The van der Waals surface area contributed by atoms with Crippen LogP contribution in [0.2, 0.25) is 0 Å². The van der Waals surface area contributed by atoms with Crippen molar-refractivity contribution in [2.24, 2.45) is 0 Å². The summed E-state index contributed by atoms with van der Waals surface area (Å²) in [4.78, 5) is 2.32. The molecule has 0 amide bonds. The number of hydrogen-bond acceptors (Lipinski definition) is 1. The molecule has 0 saturated carbocycles. The van der Waals surface area contributed by atoms with Crippen LogP contribution in [0.25, 0.3) is 0 Å². The van der Waals surface area contributed by atoms with Crippen LogP contribution in [-0.2, 0) is 13.1 Å². The second-order valence-electron chi connectivity index (χ2n) is 2.94. The van der Waals surface area contributed by atoms with E-state index in [1.54, 1.807) is 0 Å². The summed E-state index contributed by atoms with van der Waals surface area (Å²) in [7, 11) is 2.15. The third-order valence-corrected chi connectivity index (χ3v) is 2.00. The average Bonchev–Trinajstić information content (AvgIpc) is 2.27. The van der Waals surface area contributed by atoms with E-state index in [0.717, 1.165) is 13.1 Å². The molecule has 0 spiro atoms. The van der Waals surface area contributed by atoms with E-state index in [0.29, 0.717) is 0 Å². The summed E-state index contributed by atoms with van der Waals surface area (Å²) < 4.78 is 0. The summed E-state index contributed by atoms with van der Waals surface area (Å²) in [5.74, 6) is 0. The topological polar surface area (TPSA) is 3.24 Å². The zero-order valence-electron chi connectivity index (χ0n) is 6.17. The lowest BCUT2D eigenvalue weighted by Crippen LogP contribution is -2.07. The van der Waals surface area contributed by atoms with Gasteiger partial charge in [-0.05, 0) is 18.2 Å². The fourth-order valence-electron chi connectivity index (χ4n) is 1.50. The summed E-state index contributed by atoms with van der Waals surface area (Å²) in [6.45, 7) is 2.24. The van der Waals surface area contributed by atoms with E-state index in [1.165, 1.54) is 11.1 Å². The van der Waals surface area contributed by atoms with Gasteiger partial charge in [0.1, 0.15) is 0 Å². The molecule has 1 aromatic carbocycles. The minimum absolute atomic E-state index is 1.12. The van der Waals surface area contributed by atoms with Gasteiger partial charge in [-0.15, -0.1) is 0 Å². The maximum atomic E-state index is 2.32. The fraction of sp³-hybridized carbons (Fsp3) is 0.333.